The van der Waals surface area contributed by atoms with Gasteiger partial charge in [-0.2, -0.15) is 0 Å². The van der Waals surface area contributed by atoms with Crippen molar-refractivity contribution in [2.45, 2.75) is 26.4 Å². The van der Waals surface area contributed by atoms with Gasteiger partial charge in [-0.1, -0.05) is 26.0 Å². The van der Waals surface area contributed by atoms with E-state index in [-0.39, 0.29) is 5.92 Å². The Hall–Kier alpha value is -2.30. The molecule has 0 aliphatic rings. The molecule has 1 aromatic carbocycles. The summed E-state index contributed by atoms with van der Waals surface area (Å²) in [6, 6.07) is 7.80. The number of hydrogen-bond donors (Lipinski definition) is 1. The number of ether oxygens (including phenoxy) is 2. The number of benzene rings is 1. The molecule has 21 heavy (non-hydrogen) atoms. The summed E-state index contributed by atoms with van der Waals surface area (Å²) in [5, 5.41) is 3.08. The number of hydrogen-bond acceptors (Lipinski definition) is 5. The first-order chi connectivity index (χ1) is 10.2. The summed E-state index contributed by atoms with van der Waals surface area (Å²) in [5.41, 5.74) is 2.06. The van der Waals surface area contributed by atoms with Crippen molar-refractivity contribution in [3.8, 4) is 11.6 Å². The Morgan fingerprint density at radius 2 is 1.86 bits per heavy atom. The van der Waals surface area contributed by atoms with Gasteiger partial charge in [0.05, 0.1) is 12.7 Å². The molecule has 5 nitrogen and oxygen atoms in total. The first-order valence-electron chi connectivity index (χ1n) is 6.94. The zero-order valence-electron chi connectivity index (χ0n) is 12.9. The van der Waals surface area contributed by atoms with Crippen LogP contribution in [0, 0.1) is 0 Å². The third kappa shape index (κ3) is 3.62. The molecule has 0 radical (unpaired) electrons. The smallest absolute Gasteiger partial charge is 0.222 e. The fourth-order valence-corrected chi connectivity index (χ4v) is 2.09. The number of aromatic nitrogens is 2. The molecule has 0 aliphatic heterocycles. The summed E-state index contributed by atoms with van der Waals surface area (Å²) < 4.78 is 11.0. The number of nitrogens with zero attached hydrogens (tertiary/aromatic N) is 2. The summed E-state index contributed by atoms with van der Waals surface area (Å²) in [4.78, 5) is 8.50. The average molecular weight is 287 g/mol. The van der Waals surface area contributed by atoms with Gasteiger partial charge in [-0.3, -0.25) is 0 Å². The van der Waals surface area contributed by atoms with Crippen LogP contribution in [0.3, 0.4) is 0 Å². The van der Waals surface area contributed by atoms with Gasteiger partial charge in [-0.25, -0.2) is 9.97 Å². The maximum Gasteiger partial charge on any atom is 0.222 e. The van der Waals surface area contributed by atoms with E-state index in [0.717, 1.165) is 22.7 Å². The molecule has 2 rings (SSSR count). The molecule has 112 valence electrons. The molecule has 0 saturated carbocycles. The normalized spacial score (nSPS) is 10.5. The Kier molecular flexibility index (Phi) is 4.98. The highest BCUT2D eigenvalue weighted by molar-refractivity contribution is 5.50. The minimum atomic E-state index is 0.277. The van der Waals surface area contributed by atoms with E-state index in [1.54, 1.807) is 7.11 Å². The van der Waals surface area contributed by atoms with E-state index in [9.17, 15) is 0 Å². The molecular formula is C16H21N3O2. The largest absolute Gasteiger partial charge is 0.497 e. The lowest BCUT2D eigenvalue weighted by Gasteiger charge is -2.15. The molecule has 0 fully saturated rings. The van der Waals surface area contributed by atoms with Gasteiger partial charge < -0.3 is 14.8 Å². The first-order valence-corrected chi connectivity index (χ1v) is 6.94. The minimum absolute atomic E-state index is 0.277. The summed E-state index contributed by atoms with van der Waals surface area (Å²) in [6.45, 7) is 4.66. The Morgan fingerprint density at radius 1 is 1.14 bits per heavy atom. The molecule has 2 aromatic rings. The molecule has 0 atom stereocenters. The molecule has 0 bridgehead atoms. The van der Waals surface area contributed by atoms with Crippen LogP contribution in [-0.2, 0) is 6.61 Å². The molecule has 1 N–H and O–H groups in total. The molecule has 1 heterocycles. The molecule has 1 aromatic heterocycles. The third-order valence-electron chi connectivity index (χ3n) is 3.20. The van der Waals surface area contributed by atoms with Gasteiger partial charge in [0.1, 0.15) is 24.5 Å². The zero-order chi connectivity index (χ0) is 15.2. The molecule has 0 saturated heterocycles. The number of anilines is 1. The summed E-state index contributed by atoms with van der Waals surface area (Å²) in [6.07, 6.45) is 1.51. The molecule has 0 spiro atoms. The van der Waals surface area contributed by atoms with Gasteiger partial charge >= 0.3 is 0 Å². The lowest BCUT2D eigenvalue weighted by atomic mass is 10.1. The molecule has 0 aliphatic carbocycles. The van der Waals surface area contributed by atoms with E-state index in [2.05, 4.69) is 29.1 Å². The van der Waals surface area contributed by atoms with Crippen molar-refractivity contribution in [3.63, 3.8) is 0 Å². The monoisotopic (exact) mass is 287 g/mol. The van der Waals surface area contributed by atoms with E-state index >= 15 is 0 Å². The van der Waals surface area contributed by atoms with Crippen molar-refractivity contribution in [1.82, 2.24) is 9.97 Å². The van der Waals surface area contributed by atoms with Crippen molar-refractivity contribution in [1.29, 1.82) is 0 Å². The summed E-state index contributed by atoms with van der Waals surface area (Å²) in [5.74, 6) is 2.55. The standard InChI is InChI=1S/C16H21N3O2/c1-11(2)14-15(17-3)18-10-19-16(14)21-9-12-5-7-13(20-4)8-6-12/h5-8,10-11H,9H2,1-4H3,(H,17,18,19). The highest BCUT2D eigenvalue weighted by atomic mass is 16.5. The summed E-state index contributed by atoms with van der Waals surface area (Å²) >= 11 is 0. The van der Waals surface area contributed by atoms with Gasteiger partial charge in [0, 0.05) is 7.05 Å². The molecule has 0 unspecified atom stereocenters. The second kappa shape index (κ2) is 6.92. The Labute approximate surface area is 125 Å². The van der Waals surface area contributed by atoms with Crippen LogP contribution in [0.5, 0.6) is 11.6 Å². The molecular weight excluding hydrogens is 266 g/mol. The second-order valence-electron chi connectivity index (χ2n) is 4.98. The van der Waals surface area contributed by atoms with Gasteiger partial charge in [0.2, 0.25) is 5.88 Å². The Bertz CT molecular complexity index is 583. The average Bonchev–Trinajstić information content (AvgIpc) is 2.52. The van der Waals surface area contributed by atoms with Crippen LogP contribution in [0.4, 0.5) is 5.82 Å². The number of methoxy groups -OCH3 is 1. The van der Waals surface area contributed by atoms with Crippen LogP contribution in [0.2, 0.25) is 0 Å². The Morgan fingerprint density at radius 3 is 2.43 bits per heavy atom. The highest BCUT2D eigenvalue weighted by Gasteiger charge is 2.15. The summed E-state index contributed by atoms with van der Waals surface area (Å²) in [7, 11) is 3.50. The third-order valence-corrected chi connectivity index (χ3v) is 3.20. The van der Waals surface area contributed by atoms with Gasteiger partial charge in [0.15, 0.2) is 0 Å². The second-order valence-corrected chi connectivity index (χ2v) is 4.98. The van der Waals surface area contributed by atoms with Crippen LogP contribution < -0.4 is 14.8 Å². The minimum Gasteiger partial charge on any atom is -0.497 e. The van der Waals surface area contributed by atoms with Crippen LogP contribution in [-0.4, -0.2) is 24.1 Å². The fraction of sp³-hybridized carbons (Fsp3) is 0.375. The van der Waals surface area contributed by atoms with Crippen molar-refractivity contribution in [2.75, 3.05) is 19.5 Å². The topological polar surface area (TPSA) is 56.3 Å². The maximum atomic E-state index is 5.87. The van der Waals surface area contributed by atoms with Crippen molar-refractivity contribution in [3.05, 3.63) is 41.7 Å². The molecule has 0 amide bonds. The van der Waals surface area contributed by atoms with Crippen molar-refractivity contribution >= 4 is 5.82 Å². The van der Waals surface area contributed by atoms with Crippen LogP contribution in [0.15, 0.2) is 30.6 Å². The lowest BCUT2D eigenvalue weighted by Crippen LogP contribution is -2.07. The van der Waals surface area contributed by atoms with Gasteiger partial charge in [0.25, 0.3) is 0 Å². The lowest BCUT2D eigenvalue weighted by molar-refractivity contribution is 0.288. The fourth-order valence-electron chi connectivity index (χ4n) is 2.09. The first kappa shape index (κ1) is 15.1. The Balaban J connectivity index is 2.15. The number of nitrogens with one attached hydrogen (secondary N) is 1. The SMILES string of the molecule is CNc1ncnc(OCc2ccc(OC)cc2)c1C(C)C. The van der Waals surface area contributed by atoms with E-state index in [1.165, 1.54) is 6.33 Å². The zero-order valence-corrected chi connectivity index (χ0v) is 12.9. The quantitative estimate of drug-likeness (QED) is 0.884. The van der Waals surface area contributed by atoms with E-state index in [0.29, 0.717) is 12.5 Å². The number of rotatable bonds is 6. The van der Waals surface area contributed by atoms with Crippen molar-refractivity contribution in [2.24, 2.45) is 0 Å². The predicted octanol–water partition coefficient (Wildman–Crippen LogP) is 3.23. The van der Waals surface area contributed by atoms with E-state index in [4.69, 9.17) is 9.47 Å². The molecule has 5 heteroatoms. The van der Waals surface area contributed by atoms with Crippen molar-refractivity contribution < 1.29 is 9.47 Å². The van der Waals surface area contributed by atoms with E-state index < -0.39 is 0 Å². The van der Waals surface area contributed by atoms with Gasteiger partial charge in [-0.15, -0.1) is 0 Å². The van der Waals surface area contributed by atoms with E-state index in [1.807, 2.05) is 31.3 Å². The highest BCUT2D eigenvalue weighted by Crippen LogP contribution is 2.30. The van der Waals surface area contributed by atoms with Crippen LogP contribution in [0.25, 0.3) is 0 Å². The predicted molar refractivity (Wildman–Crippen MR) is 83.0 cm³/mol. The van der Waals surface area contributed by atoms with Crippen LogP contribution >= 0.6 is 0 Å². The maximum absolute atomic E-state index is 5.87. The van der Waals surface area contributed by atoms with Gasteiger partial charge in [-0.05, 0) is 23.6 Å². The van der Waals surface area contributed by atoms with Crippen LogP contribution in [0.1, 0.15) is 30.9 Å².